The Kier molecular flexibility index (Phi) is 4.52. The summed E-state index contributed by atoms with van der Waals surface area (Å²) in [7, 11) is 1.66. The topological polar surface area (TPSA) is 39.1 Å². The van der Waals surface area contributed by atoms with Crippen LogP contribution in [0.15, 0.2) is 36.7 Å². The predicted molar refractivity (Wildman–Crippen MR) is 72.7 cm³/mol. The summed E-state index contributed by atoms with van der Waals surface area (Å²) in [5.74, 6) is 0.514. The van der Waals surface area contributed by atoms with Gasteiger partial charge in [-0.1, -0.05) is 18.2 Å². The number of nitrogens with one attached hydrogen (secondary N) is 1. The summed E-state index contributed by atoms with van der Waals surface area (Å²) in [5, 5.41) is 3.24. The van der Waals surface area contributed by atoms with Gasteiger partial charge in [0.2, 0.25) is 5.95 Å². The molecule has 1 atom stereocenters. The summed E-state index contributed by atoms with van der Waals surface area (Å²) in [6.07, 6.45) is 3.52. The molecule has 0 saturated carbocycles. The molecule has 0 bridgehead atoms. The van der Waals surface area contributed by atoms with Gasteiger partial charge in [-0.2, -0.15) is 0 Å². The van der Waals surface area contributed by atoms with Gasteiger partial charge < -0.3 is 14.6 Å². The number of imidazole rings is 1. The zero-order valence-corrected chi connectivity index (χ0v) is 11.1. The maximum Gasteiger partial charge on any atom is 0.203 e. The highest BCUT2D eigenvalue weighted by Gasteiger charge is 2.09. The van der Waals surface area contributed by atoms with Crippen molar-refractivity contribution in [2.75, 3.05) is 19.0 Å². The molecule has 0 aliphatic rings. The third-order valence-corrected chi connectivity index (χ3v) is 2.81. The van der Waals surface area contributed by atoms with Crippen LogP contribution in [0, 0.1) is 5.82 Å². The van der Waals surface area contributed by atoms with E-state index in [4.69, 9.17) is 4.74 Å². The van der Waals surface area contributed by atoms with E-state index in [-0.39, 0.29) is 11.9 Å². The van der Waals surface area contributed by atoms with Gasteiger partial charge in [0.25, 0.3) is 0 Å². The number of nitrogens with zero attached hydrogens (tertiary/aromatic N) is 2. The van der Waals surface area contributed by atoms with Crippen LogP contribution in [0.25, 0.3) is 0 Å². The third-order valence-electron chi connectivity index (χ3n) is 2.81. The second-order valence-electron chi connectivity index (χ2n) is 4.47. The van der Waals surface area contributed by atoms with E-state index in [9.17, 15) is 4.39 Å². The van der Waals surface area contributed by atoms with E-state index < -0.39 is 0 Å². The molecule has 5 heteroatoms. The lowest BCUT2D eigenvalue weighted by Crippen LogP contribution is -2.23. The van der Waals surface area contributed by atoms with Crippen molar-refractivity contribution in [3.63, 3.8) is 0 Å². The summed E-state index contributed by atoms with van der Waals surface area (Å²) < 4.78 is 20.6. The molecule has 0 amide bonds. The molecule has 1 N–H and O–H groups in total. The van der Waals surface area contributed by atoms with Crippen LogP contribution in [-0.2, 0) is 11.3 Å². The molecular formula is C14H18FN3O. The van der Waals surface area contributed by atoms with Crippen molar-refractivity contribution in [3.8, 4) is 0 Å². The number of aromatic nitrogens is 2. The first-order valence-electron chi connectivity index (χ1n) is 6.20. The Morgan fingerprint density at radius 2 is 2.21 bits per heavy atom. The summed E-state index contributed by atoms with van der Waals surface area (Å²) in [6.45, 7) is 3.05. The van der Waals surface area contributed by atoms with Gasteiger partial charge in [-0.25, -0.2) is 9.37 Å². The highest BCUT2D eigenvalue weighted by molar-refractivity contribution is 5.29. The van der Waals surface area contributed by atoms with Crippen LogP contribution in [-0.4, -0.2) is 29.3 Å². The Hall–Kier alpha value is -1.88. The molecule has 0 aliphatic heterocycles. The molecule has 0 fully saturated rings. The first-order valence-corrected chi connectivity index (χ1v) is 6.20. The van der Waals surface area contributed by atoms with Gasteiger partial charge in [0.1, 0.15) is 5.82 Å². The fraction of sp³-hybridized carbons (Fsp3) is 0.357. The Labute approximate surface area is 112 Å². The maximum atomic E-state index is 13.6. The average Bonchev–Trinajstić information content (AvgIpc) is 2.80. The number of methoxy groups -OCH3 is 1. The standard InChI is InChI=1S/C14H18FN3O/c1-11(10-19-2)17-14-16-7-8-18(14)9-12-5-3-4-6-13(12)15/h3-8,11H,9-10H2,1-2H3,(H,16,17). The van der Waals surface area contributed by atoms with Gasteiger partial charge in [-0.05, 0) is 13.0 Å². The number of ether oxygens (including phenoxy) is 1. The fourth-order valence-electron chi connectivity index (χ4n) is 1.90. The Morgan fingerprint density at radius 1 is 1.42 bits per heavy atom. The molecule has 0 radical (unpaired) electrons. The van der Waals surface area contributed by atoms with E-state index >= 15 is 0 Å². The molecule has 4 nitrogen and oxygen atoms in total. The number of rotatable bonds is 6. The van der Waals surface area contributed by atoms with Gasteiger partial charge in [0, 0.05) is 31.1 Å². The van der Waals surface area contributed by atoms with E-state index in [1.807, 2.05) is 23.8 Å². The molecule has 0 saturated heterocycles. The largest absolute Gasteiger partial charge is 0.383 e. The minimum Gasteiger partial charge on any atom is -0.383 e. The monoisotopic (exact) mass is 263 g/mol. The molecule has 19 heavy (non-hydrogen) atoms. The van der Waals surface area contributed by atoms with E-state index in [0.29, 0.717) is 24.7 Å². The van der Waals surface area contributed by atoms with E-state index in [0.717, 1.165) is 0 Å². The summed E-state index contributed by atoms with van der Waals surface area (Å²) in [4.78, 5) is 4.24. The van der Waals surface area contributed by atoms with Crippen molar-refractivity contribution in [3.05, 3.63) is 48.0 Å². The fourth-order valence-corrected chi connectivity index (χ4v) is 1.90. The second-order valence-corrected chi connectivity index (χ2v) is 4.47. The van der Waals surface area contributed by atoms with Crippen molar-refractivity contribution in [1.29, 1.82) is 0 Å². The van der Waals surface area contributed by atoms with Crippen molar-refractivity contribution < 1.29 is 9.13 Å². The second kappa shape index (κ2) is 6.33. The van der Waals surface area contributed by atoms with Gasteiger partial charge in [-0.3, -0.25) is 0 Å². The molecule has 2 aromatic rings. The molecular weight excluding hydrogens is 245 g/mol. The van der Waals surface area contributed by atoms with Gasteiger partial charge in [-0.15, -0.1) is 0 Å². The zero-order chi connectivity index (χ0) is 13.7. The average molecular weight is 263 g/mol. The number of hydrogen-bond donors (Lipinski definition) is 1. The zero-order valence-electron chi connectivity index (χ0n) is 11.1. The Bertz CT molecular complexity index is 527. The molecule has 102 valence electrons. The van der Waals surface area contributed by atoms with Crippen LogP contribution in [0.1, 0.15) is 12.5 Å². The molecule has 2 rings (SSSR count). The smallest absolute Gasteiger partial charge is 0.203 e. The SMILES string of the molecule is COCC(C)Nc1nccn1Cc1ccccc1F. The predicted octanol–water partition coefficient (Wildman–Crippen LogP) is 2.52. The number of benzene rings is 1. The highest BCUT2D eigenvalue weighted by atomic mass is 19.1. The molecule has 1 heterocycles. The van der Waals surface area contributed by atoms with Crippen molar-refractivity contribution in [2.24, 2.45) is 0 Å². The molecule has 1 unspecified atom stereocenters. The third kappa shape index (κ3) is 3.54. The Balaban J connectivity index is 2.10. The van der Waals surface area contributed by atoms with Crippen LogP contribution < -0.4 is 5.32 Å². The first kappa shape index (κ1) is 13.5. The summed E-state index contributed by atoms with van der Waals surface area (Å²) in [5.41, 5.74) is 0.642. The first-order chi connectivity index (χ1) is 9.20. The molecule has 1 aromatic carbocycles. The Morgan fingerprint density at radius 3 is 2.95 bits per heavy atom. The molecule has 0 spiro atoms. The maximum absolute atomic E-state index is 13.6. The van der Waals surface area contributed by atoms with Gasteiger partial charge >= 0.3 is 0 Å². The number of halogens is 1. The van der Waals surface area contributed by atoms with Crippen molar-refractivity contribution in [1.82, 2.24) is 9.55 Å². The lowest BCUT2D eigenvalue weighted by Gasteiger charge is -2.15. The van der Waals surface area contributed by atoms with E-state index in [1.54, 1.807) is 25.4 Å². The van der Waals surface area contributed by atoms with E-state index in [1.165, 1.54) is 6.07 Å². The van der Waals surface area contributed by atoms with Crippen LogP contribution in [0.2, 0.25) is 0 Å². The van der Waals surface area contributed by atoms with Crippen LogP contribution >= 0.6 is 0 Å². The quantitative estimate of drug-likeness (QED) is 0.870. The number of hydrogen-bond acceptors (Lipinski definition) is 3. The summed E-state index contributed by atoms with van der Waals surface area (Å²) in [6, 6.07) is 6.90. The van der Waals surface area contributed by atoms with Crippen molar-refractivity contribution >= 4 is 5.95 Å². The summed E-state index contributed by atoms with van der Waals surface area (Å²) >= 11 is 0. The normalized spacial score (nSPS) is 12.4. The molecule has 1 aromatic heterocycles. The van der Waals surface area contributed by atoms with Crippen LogP contribution in [0.3, 0.4) is 0 Å². The number of anilines is 1. The van der Waals surface area contributed by atoms with Gasteiger partial charge in [0.15, 0.2) is 0 Å². The highest BCUT2D eigenvalue weighted by Crippen LogP contribution is 2.13. The minimum atomic E-state index is -0.202. The van der Waals surface area contributed by atoms with Gasteiger partial charge in [0.05, 0.1) is 13.2 Å². The minimum absolute atomic E-state index is 0.145. The lowest BCUT2D eigenvalue weighted by atomic mass is 10.2. The van der Waals surface area contributed by atoms with Crippen LogP contribution in [0.4, 0.5) is 10.3 Å². The van der Waals surface area contributed by atoms with E-state index in [2.05, 4.69) is 10.3 Å². The molecule has 0 aliphatic carbocycles. The lowest BCUT2D eigenvalue weighted by molar-refractivity contribution is 0.190. The van der Waals surface area contributed by atoms with Crippen molar-refractivity contribution in [2.45, 2.75) is 19.5 Å². The van der Waals surface area contributed by atoms with Crippen LogP contribution in [0.5, 0.6) is 0 Å².